The minimum atomic E-state index is -0.989. The van der Waals surface area contributed by atoms with E-state index in [1.807, 2.05) is 30.3 Å². The zero-order valence-electron chi connectivity index (χ0n) is 19.6. The van der Waals surface area contributed by atoms with Crippen molar-refractivity contribution in [3.05, 3.63) is 82.4 Å². The molecule has 0 aliphatic heterocycles. The van der Waals surface area contributed by atoms with Gasteiger partial charge in [-0.2, -0.15) is 0 Å². The lowest BCUT2D eigenvalue weighted by molar-refractivity contribution is -0.137. The number of carboxylic acid groups (broad SMARTS) is 1. The van der Waals surface area contributed by atoms with Crippen LogP contribution in [0, 0.1) is 18.7 Å². The number of anilines is 1. The highest BCUT2D eigenvalue weighted by Crippen LogP contribution is 2.39. The molecule has 1 saturated carbocycles. The molecule has 7 heteroatoms. The number of hydrogen-bond acceptors (Lipinski definition) is 3. The number of carbonyl (C=O) groups is 2. The van der Waals surface area contributed by atoms with Crippen LogP contribution in [-0.2, 0) is 16.0 Å². The molecular formula is C28H28ClFN2O3. The minimum Gasteiger partial charge on any atom is -0.481 e. The number of benzene rings is 2. The number of halogens is 2. The molecule has 182 valence electrons. The molecule has 5 nitrogen and oxygen atoms in total. The lowest BCUT2D eigenvalue weighted by Gasteiger charge is -2.24. The van der Waals surface area contributed by atoms with Crippen molar-refractivity contribution >= 4 is 29.2 Å². The summed E-state index contributed by atoms with van der Waals surface area (Å²) in [6.07, 6.45) is 7.38. The molecule has 1 amide bonds. The molecule has 1 heterocycles. The van der Waals surface area contributed by atoms with Gasteiger partial charge in [-0.1, -0.05) is 48.7 Å². The quantitative estimate of drug-likeness (QED) is 0.361. The molecule has 2 aromatic carbocycles. The second-order valence-corrected chi connectivity index (χ2v) is 9.55. The van der Waals surface area contributed by atoms with Gasteiger partial charge in [0.15, 0.2) is 0 Å². The maximum atomic E-state index is 14.4. The van der Waals surface area contributed by atoms with Crippen molar-refractivity contribution in [2.75, 3.05) is 5.32 Å². The number of aromatic nitrogens is 1. The van der Waals surface area contributed by atoms with Gasteiger partial charge < -0.3 is 10.4 Å². The highest BCUT2D eigenvalue weighted by molar-refractivity contribution is 6.30. The van der Waals surface area contributed by atoms with Gasteiger partial charge in [-0.3, -0.25) is 14.6 Å². The summed E-state index contributed by atoms with van der Waals surface area (Å²) in [5, 5.41) is 12.6. The summed E-state index contributed by atoms with van der Waals surface area (Å²) in [5.41, 5.74) is 4.20. The van der Waals surface area contributed by atoms with E-state index in [2.05, 4.69) is 10.3 Å². The van der Waals surface area contributed by atoms with Gasteiger partial charge in [0, 0.05) is 30.1 Å². The number of carboxylic acids is 1. The third kappa shape index (κ3) is 5.88. The molecular weight excluding hydrogens is 467 g/mol. The predicted octanol–water partition coefficient (Wildman–Crippen LogP) is 6.78. The van der Waals surface area contributed by atoms with Gasteiger partial charge >= 0.3 is 5.97 Å². The van der Waals surface area contributed by atoms with Gasteiger partial charge in [-0.15, -0.1) is 0 Å². The second kappa shape index (κ2) is 11.0. The van der Waals surface area contributed by atoms with Crippen LogP contribution in [0.2, 0.25) is 5.02 Å². The Balaban J connectivity index is 1.60. The van der Waals surface area contributed by atoms with Crippen molar-refractivity contribution in [1.29, 1.82) is 0 Å². The Bertz CT molecular complexity index is 1220. The topological polar surface area (TPSA) is 79.3 Å². The van der Waals surface area contributed by atoms with E-state index in [9.17, 15) is 14.0 Å². The smallest absolute Gasteiger partial charge is 0.303 e. The molecule has 1 fully saturated rings. The van der Waals surface area contributed by atoms with Crippen LogP contribution in [0.15, 0.2) is 54.9 Å². The summed E-state index contributed by atoms with van der Waals surface area (Å²) in [7, 11) is 0. The van der Waals surface area contributed by atoms with Crippen LogP contribution in [0.4, 0.5) is 10.1 Å². The number of carbonyl (C=O) groups excluding carboxylic acids is 1. The number of aliphatic carboxylic acids is 1. The van der Waals surface area contributed by atoms with Gasteiger partial charge in [0.2, 0.25) is 5.91 Å². The minimum absolute atomic E-state index is 0.0720. The number of pyridine rings is 1. The molecule has 0 spiro atoms. The van der Waals surface area contributed by atoms with Crippen LogP contribution in [-0.4, -0.2) is 22.0 Å². The van der Waals surface area contributed by atoms with Crippen LogP contribution in [0.1, 0.15) is 54.7 Å². The van der Waals surface area contributed by atoms with Crippen LogP contribution in [0.5, 0.6) is 0 Å². The van der Waals surface area contributed by atoms with E-state index in [0.29, 0.717) is 21.8 Å². The van der Waals surface area contributed by atoms with E-state index in [4.69, 9.17) is 16.7 Å². The summed E-state index contributed by atoms with van der Waals surface area (Å²) in [6.45, 7) is 1.72. The third-order valence-corrected chi connectivity index (χ3v) is 7.06. The van der Waals surface area contributed by atoms with Crippen molar-refractivity contribution in [3.63, 3.8) is 0 Å². The maximum Gasteiger partial charge on any atom is 0.303 e. The number of hydrogen-bond donors (Lipinski definition) is 2. The fourth-order valence-electron chi connectivity index (χ4n) is 4.99. The molecule has 1 atom stereocenters. The van der Waals surface area contributed by atoms with Gasteiger partial charge in [0.25, 0.3) is 0 Å². The molecule has 3 aromatic rings. The van der Waals surface area contributed by atoms with E-state index in [1.54, 1.807) is 25.4 Å². The van der Waals surface area contributed by atoms with Crippen molar-refractivity contribution in [3.8, 4) is 11.1 Å². The van der Waals surface area contributed by atoms with E-state index in [0.717, 1.165) is 42.4 Å². The molecule has 0 bridgehead atoms. The Morgan fingerprint density at radius 3 is 2.49 bits per heavy atom. The van der Waals surface area contributed by atoms with E-state index >= 15 is 0 Å². The Kier molecular flexibility index (Phi) is 7.81. The average Bonchev–Trinajstić information content (AvgIpc) is 3.35. The van der Waals surface area contributed by atoms with E-state index in [-0.39, 0.29) is 30.6 Å². The molecule has 2 N–H and O–H groups in total. The van der Waals surface area contributed by atoms with E-state index < -0.39 is 11.8 Å². The second-order valence-electron chi connectivity index (χ2n) is 9.12. The van der Waals surface area contributed by atoms with Crippen molar-refractivity contribution in [1.82, 2.24) is 4.98 Å². The standard InChI is InChI=1S/C28H28ClFN2O3/c1-17-23(10-13-26(33)34)24(30)11-12-25(17)32-28(35)27(19-4-2-3-5-19)20-8-6-18(7-9-20)21-14-22(29)16-31-15-21/h6-9,11-12,14-16,19,27H,2-5,10,13H2,1H3,(H,32,35)(H,33,34)/t27-/m1/s1. The summed E-state index contributed by atoms with van der Waals surface area (Å²) in [5.74, 6) is -1.69. The first-order chi connectivity index (χ1) is 16.8. The first-order valence-electron chi connectivity index (χ1n) is 11.8. The Labute approximate surface area is 209 Å². The Morgan fingerprint density at radius 2 is 1.83 bits per heavy atom. The van der Waals surface area contributed by atoms with Gasteiger partial charge in [0.05, 0.1) is 10.9 Å². The summed E-state index contributed by atoms with van der Waals surface area (Å²) < 4.78 is 14.4. The van der Waals surface area contributed by atoms with Gasteiger partial charge in [0.1, 0.15) is 5.82 Å². The molecule has 1 aliphatic carbocycles. The lowest BCUT2D eigenvalue weighted by atomic mass is 9.83. The predicted molar refractivity (Wildman–Crippen MR) is 135 cm³/mol. The highest BCUT2D eigenvalue weighted by Gasteiger charge is 2.32. The van der Waals surface area contributed by atoms with E-state index in [1.165, 1.54) is 6.07 Å². The summed E-state index contributed by atoms with van der Waals surface area (Å²) >= 11 is 6.08. The number of nitrogens with one attached hydrogen (secondary N) is 1. The molecule has 4 rings (SSSR count). The van der Waals surface area contributed by atoms with Crippen molar-refractivity contribution in [2.24, 2.45) is 5.92 Å². The average molecular weight is 495 g/mol. The normalized spacial score (nSPS) is 14.6. The lowest BCUT2D eigenvalue weighted by Crippen LogP contribution is -2.27. The number of rotatable bonds is 8. The molecule has 0 saturated heterocycles. The van der Waals surface area contributed by atoms with Crippen molar-refractivity contribution in [2.45, 2.75) is 51.4 Å². The maximum absolute atomic E-state index is 14.4. The number of nitrogens with zero attached hydrogens (tertiary/aromatic N) is 1. The first kappa shape index (κ1) is 24.9. The Hall–Kier alpha value is -3.25. The molecule has 0 unspecified atom stereocenters. The first-order valence-corrected chi connectivity index (χ1v) is 12.2. The molecule has 1 aliphatic rings. The molecule has 35 heavy (non-hydrogen) atoms. The summed E-state index contributed by atoms with van der Waals surface area (Å²) in [6, 6.07) is 12.6. The van der Waals surface area contributed by atoms with Gasteiger partial charge in [-0.05, 0) is 72.6 Å². The zero-order chi connectivity index (χ0) is 24.9. The van der Waals surface area contributed by atoms with Gasteiger partial charge in [-0.25, -0.2) is 4.39 Å². The fourth-order valence-corrected chi connectivity index (χ4v) is 5.16. The highest BCUT2D eigenvalue weighted by atomic mass is 35.5. The third-order valence-electron chi connectivity index (χ3n) is 6.85. The fraction of sp³-hybridized carbons (Fsp3) is 0.321. The van der Waals surface area contributed by atoms with Crippen LogP contribution in [0.25, 0.3) is 11.1 Å². The zero-order valence-corrected chi connectivity index (χ0v) is 20.3. The Morgan fingerprint density at radius 1 is 1.11 bits per heavy atom. The number of amides is 1. The van der Waals surface area contributed by atoms with Crippen molar-refractivity contribution < 1.29 is 19.1 Å². The SMILES string of the molecule is Cc1c(NC(=O)[C@@H](c2ccc(-c3cncc(Cl)c3)cc2)C2CCCC2)ccc(F)c1CCC(=O)O. The van der Waals surface area contributed by atoms with Crippen LogP contribution >= 0.6 is 11.6 Å². The summed E-state index contributed by atoms with van der Waals surface area (Å²) in [4.78, 5) is 28.7. The largest absolute Gasteiger partial charge is 0.481 e. The molecule has 0 radical (unpaired) electrons. The molecule has 1 aromatic heterocycles. The van der Waals surface area contributed by atoms with Crippen LogP contribution in [0.3, 0.4) is 0 Å². The van der Waals surface area contributed by atoms with Crippen LogP contribution < -0.4 is 5.32 Å². The monoisotopic (exact) mass is 494 g/mol.